The number of nitrogens with one attached hydrogen (secondary N) is 2. The minimum absolute atomic E-state index is 0.0253. The Morgan fingerprint density at radius 1 is 1.00 bits per heavy atom. The molecule has 2 aromatic carbocycles. The van der Waals surface area contributed by atoms with Crippen LogP contribution in [0.2, 0.25) is 0 Å². The van der Waals surface area contributed by atoms with Gasteiger partial charge in [-0.3, -0.25) is 4.79 Å². The van der Waals surface area contributed by atoms with Crippen molar-refractivity contribution in [2.45, 2.75) is 6.42 Å². The molecule has 0 spiro atoms. The Labute approximate surface area is 156 Å². The second-order valence-electron chi connectivity index (χ2n) is 5.57. The van der Waals surface area contributed by atoms with Crippen molar-refractivity contribution in [3.05, 3.63) is 64.9 Å². The van der Waals surface area contributed by atoms with Crippen molar-refractivity contribution in [1.82, 2.24) is 0 Å². The van der Waals surface area contributed by atoms with E-state index in [-0.39, 0.29) is 5.91 Å². The number of anilines is 3. The molecule has 5 nitrogen and oxygen atoms in total. The van der Waals surface area contributed by atoms with E-state index in [1.54, 1.807) is 25.6 Å². The molecule has 6 heteroatoms. The summed E-state index contributed by atoms with van der Waals surface area (Å²) in [6.45, 7) is 0. The normalized spacial score (nSPS) is 10.2. The Bertz CT molecular complexity index is 861. The Balaban J connectivity index is 1.65. The Morgan fingerprint density at radius 3 is 2.42 bits per heavy atom. The standard InChI is InChI=1S/C20H20N2O3S/c1-24-16-9-10-19(25-2)18(12-16)21-14-5-7-15(8-6-14)22-20(23)13-17-4-3-11-26-17/h3-12,21H,13H2,1-2H3,(H,22,23). The number of hydrogen-bond acceptors (Lipinski definition) is 5. The summed E-state index contributed by atoms with van der Waals surface area (Å²) in [6.07, 6.45) is 0.388. The van der Waals surface area contributed by atoms with Crippen LogP contribution in [0.25, 0.3) is 0 Å². The zero-order chi connectivity index (χ0) is 18.4. The Hall–Kier alpha value is -2.99. The van der Waals surface area contributed by atoms with E-state index in [2.05, 4.69) is 10.6 Å². The highest BCUT2D eigenvalue weighted by Crippen LogP contribution is 2.31. The molecule has 2 N–H and O–H groups in total. The molecular formula is C20H20N2O3S. The smallest absolute Gasteiger partial charge is 0.229 e. The van der Waals surface area contributed by atoms with Crippen molar-refractivity contribution in [3.63, 3.8) is 0 Å². The molecule has 1 aromatic heterocycles. The number of benzene rings is 2. The number of carbonyl (C=O) groups excluding carboxylic acids is 1. The van der Waals surface area contributed by atoms with Gasteiger partial charge in [-0.1, -0.05) is 6.07 Å². The van der Waals surface area contributed by atoms with E-state index in [0.29, 0.717) is 6.42 Å². The molecule has 0 aliphatic carbocycles. The molecule has 0 aliphatic heterocycles. The van der Waals surface area contributed by atoms with Crippen molar-refractivity contribution >= 4 is 34.3 Å². The maximum Gasteiger partial charge on any atom is 0.229 e. The van der Waals surface area contributed by atoms with Crippen LogP contribution in [0.5, 0.6) is 11.5 Å². The number of carbonyl (C=O) groups is 1. The molecule has 1 heterocycles. The molecule has 0 saturated heterocycles. The van der Waals surface area contributed by atoms with E-state index < -0.39 is 0 Å². The molecule has 0 bridgehead atoms. The highest BCUT2D eigenvalue weighted by Gasteiger charge is 2.07. The monoisotopic (exact) mass is 368 g/mol. The first-order valence-electron chi connectivity index (χ1n) is 8.09. The first-order valence-corrected chi connectivity index (χ1v) is 8.97. The SMILES string of the molecule is COc1ccc(OC)c(Nc2ccc(NC(=O)Cc3cccs3)cc2)c1. The maximum atomic E-state index is 12.1. The van der Waals surface area contributed by atoms with Crippen LogP contribution in [-0.4, -0.2) is 20.1 Å². The Morgan fingerprint density at radius 2 is 1.77 bits per heavy atom. The average Bonchev–Trinajstić information content (AvgIpc) is 3.16. The second-order valence-corrected chi connectivity index (χ2v) is 6.61. The van der Waals surface area contributed by atoms with E-state index >= 15 is 0 Å². The average molecular weight is 368 g/mol. The fraction of sp³-hybridized carbons (Fsp3) is 0.150. The van der Waals surface area contributed by atoms with Gasteiger partial charge in [-0.2, -0.15) is 0 Å². The van der Waals surface area contributed by atoms with Crippen LogP contribution < -0.4 is 20.1 Å². The third-order valence-electron chi connectivity index (χ3n) is 3.77. The largest absolute Gasteiger partial charge is 0.497 e. The fourth-order valence-corrected chi connectivity index (χ4v) is 3.18. The molecule has 1 amide bonds. The summed E-state index contributed by atoms with van der Waals surface area (Å²) in [4.78, 5) is 13.1. The lowest BCUT2D eigenvalue weighted by atomic mass is 10.2. The van der Waals surface area contributed by atoms with Gasteiger partial charge in [0.1, 0.15) is 11.5 Å². The van der Waals surface area contributed by atoms with Gasteiger partial charge in [0, 0.05) is 22.3 Å². The maximum absolute atomic E-state index is 12.1. The molecule has 134 valence electrons. The minimum atomic E-state index is -0.0253. The number of rotatable bonds is 7. The molecule has 0 radical (unpaired) electrons. The highest BCUT2D eigenvalue weighted by molar-refractivity contribution is 7.10. The number of methoxy groups -OCH3 is 2. The van der Waals surface area contributed by atoms with E-state index in [0.717, 1.165) is 33.4 Å². The van der Waals surface area contributed by atoms with Crippen molar-refractivity contribution < 1.29 is 14.3 Å². The zero-order valence-corrected chi connectivity index (χ0v) is 15.4. The predicted octanol–water partition coefficient (Wildman–Crippen LogP) is 4.69. The van der Waals surface area contributed by atoms with E-state index in [9.17, 15) is 4.79 Å². The topological polar surface area (TPSA) is 59.6 Å². The third kappa shape index (κ3) is 4.55. The number of thiophene rings is 1. The summed E-state index contributed by atoms with van der Waals surface area (Å²) in [5, 5.41) is 8.17. The first-order chi connectivity index (χ1) is 12.7. The lowest BCUT2D eigenvalue weighted by Crippen LogP contribution is -2.13. The summed E-state index contributed by atoms with van der Waals surface area (Å²) in [7, 11) is 3.25. The summed E-state index contributed by atoms with van der Waals surface area (Å²) in [6, 6.07) is 17.0. The van der Waals surface area contributed by atoms with Crippen molar-refractivity contribution in [2.24, 2.45) is 0 Å². The summed E-state index contributed by atoms with van der Waals surface area (Å²) in [5.41, 5.74) is 2.45. The van der Waals surface area contributed by atoms with Crippen molar-refractivity contribution in [1.29, 1.82) is 0 Å². The second kappa shape index (κ2) is 8.40. The van der Waals surface area contributed by atoms with Gasteiger partial charge in [-0.05, 0) is 47.8 Å². The molecule has 0 saturated carbocycles. The van der Waals surface area contributed by atoms with Crippen molar-refractivity contribution in [2.75, 3.05) is 24.9 Å². The molecule has 0 atom stereocenters. The summed E-state index contributed by atoms with van der Waals surface area (Å²) < 4.78 is 10.6. The number of amides is 1. The Kier molecular flexibility index (Phi) is 5.76. The molecule has 0 fully saturated rings. The zero-order valence-electron chi connectivity index (χ0n) is 14.6. The van der Waals surface area contributed by atoms with Crippen molar-refractivity contribution in [3.8, 4) is 11.5 Å². The quantitative estimate of drug-likeness (QED) is 0.635. The van der Waals surface area contributed by atoms with E-state index in [1.807, 2.05) is 60.0 Å². The predicted molar refractivity (Wildman–Crippen MR) is 106 cm³/mol. The van der Waals surface area contributed by atoms with Gasteiger partial charge in [0.15, 0.2) is 0 Å². The molecule has 0 unspecified atom stereocenters. The van der Waals surface area contributed by atoms with Gasteiger partial charge >= 0.3 is 0 Å². The highest BCUT2D eigenvalue weighted by atomic mass is 32.1. The lowest BCUT2D eigenvalue weighted by molar-refractivity contribution is -0.115. The van der Waals surface area contributed by atoms with Crippen LogP contribution in [0.4, 0.5) is 17.1 Å². The molecular weight excluding hydrogens is 348 g/mol. The first kappa shape index (κ1) is 17.8. The van der Waals surface area contributed by atoms with Gasteiger partial charge in [0.25, 0.3) is 0 Å². The van der Waals surface area contributed by atoms with Gasteiger partial charge in [0.2, 0.25) is 5.91 Å². The lowest BCUT2D eigenvalue weighted by Gasteiger charge is -2.13. The molecule has 3 rings (SSSR count). The minimum Gasteiger partial charge on any atom is -0.497 e. The van der Waals surface area contributed by atoms with Gasteiger partial charge in [-0.25, -0.2) is 0 Å². The van der Waals surface area contributed by atoms with Gasteiger partial charge in [-0.15, -0.1) is 11.3 Å². The van der Waals surface area contributed by atoms with Crippen LogP contribution in [0.1, 0.15) is 4.88 Å². The molecule has 26 heavy (non-hydrogen) atoms. The van der Waals surface area contributed by atoms with E-state index in [4.69, 9.17) is 9.47 Å². The van der Waals surface area contributed by atoms with Crippen LogP contribution >= 0.6 is 11.3 Å². The summed E-state index contributed by atoms with van der Waals surface area (Å²) in [5.74, 6) is 1.44. The van der Waals surface area contributed by atoms with Crippen LogP contribution in [0.15, 0.2) is 60.0 Å². The summed E-state index contributed by atoms with van der Waals surface area (Å²) >= 11 is 1.58. The van der Waals surface area contributed by atoms with Crippen LogP contribution in [0.3, 0.4) is 0 Å². The van der Waals surface area contributed by atoms with Gasteiger partial charge < -0.3 is 20.1 Å². The van der Waals surface area contributed by atoms with Gasteiger partial charge in [0.05, 0.1) is 26.3 Å². The van der Waals surface area contributed by atoms with Crippen LogP contribution in [0, 0.1) is 0 Å². The molecule has 0 aliphatic rings. The third-order valence-corrected chi connectivity index (χ3v) is 4.65. The number of ether oxygens (including phenoxy) is 2. The number of hydrogen-bond donors (Lipinski definition) is 2. The fourth-order valence-electron chi connectivity index (χ4n) is 2.48. The van der Waals surface area contributed by atoms with Crippen LogP contribution in [-0.2, 0) is 11.2 Å². The molecule has 3 aromatic rings. The van der Waals surface area contributed by atoms with E-state index in [1.165, 1.54) is 0 Å².